The minimum atomic E-state index is -0.252. The molecule has 24 heavy (non-hydrogen) atoms. The van der Waals surface area contributed by atoms with Gasteiger partial charge in [-0.2, -0.15) is 4.98 Å². The summed E-state index contributed by atoms with van der Waals surface area (Å²) < 4.78 is 10.3. The SMILES string of the molecule is C=CC(=O)N1CCN(C(=O)c2cc(OC)nc(OC)c2)C2(CC2)C1. The van der Waals surface area contributed by atoms with Gasteiger partial charge in [-0.25, -0.2) is 0 Å². The van der Waals surface area contributed by atoms with Crippen molar-refractivity contribution in [2.24, 2.45) is 0 Å². The topological polar surface area (TPSA) is 72.0 Å². The molecule has 1 saturated carbocycles. The summed E-state index contributed by atoms with van der Waals surface area (Å²) in [6, 6.07) is 3.23. The Kier molecular flexibility index (Phi) is 4.17. The van der Waals surface area contributed by atoms with Crippen molar-refractivity contribution in [3.63, 3.8) is 0 Å². The second kappa shape index (κ2) is 6.14. The number of hydrogen-bond donors (Lipinski definition) is 0. The second-order valence-electron chi connectivity index (χ2n) is 6.09. The lowest BCUT2D eigenvalue weighted by Gasteiger charge is -2.42. The molecular weight excluding hydrogens is 310 g/mol. The number of aromatic nitrogens is 1. The molecule has 1 spiro atoms. The summed E-state index contributed by atoms with van der Waals surface area (Å²) in [5.74, 6) is 0.504. The molecule has 3 rings (SSSR count). The zero-order valence-corrected chi connectivity index (χ0v) is 13.9. The summed E-state index contributed by atoms with van der Waals surface area (Å²) in [6.45, 7) is 5.11. The van der Waals surface area contributed by atoms with Gasteiger partial charge in [-0.15, -0.1) is 0 Å². The van der Waals surface area contributed by atoms with E-state index in [9.17, 15) is 9.59 Å². The highest BCUT2D eigenvalue weighted by Crippen LogP contribution is 2.45. The number of piperazine rings is 1. The molecular formula is C17H21N3O4. The molecule has 7 heteroatoms. The van der Waals surface area contributed by atoms with Crippen LogP contribution in [0.1, 0.15) is 23.2 Å². The van der Waals surface area contributed by atoms with Gasteiger partial charge in [0.2, 0.25) is 17.7 Å². The second-order valence-corrected chi connectivity index (χ2v) is 6.09. The normalized spacial score (nSPS) is 18.2. The number of amides is 2. The molecule has 2 amide bonds. The van der Waals surface area contributed by atoms with Crippen LogP contribution < -0.4 is 9.47 Å². The zero-order valence-electron chi connectivity index (χ0n) is 13.9. The summed E-state index contributed by atoms with van der Waals surface area (Å²) in [4.78, 5) is 32.6. The smallest absolute Gasteiger partial charge is 0.254 e. The van der Waals surface area contributed by atoms with Crippen molar-refractivity contribution >= 4 is 11.8 Å². The Bertz CT molecular complexity index is 662. The molecule has 2 fully saturated rings. The highest BCUT2D eigenvalue weighted by Gasteiger charge is 2.53. The van der Waals surface area contributed by atoms with Crippen molar-refractivity contribution in [1.29, 1.82) is 0 Å². The minimum Gasteiger partial charge on any atom is -0.481 e. The largest absolute Gasteiger partial charge is 0.481 e. The Morgan fingerprint density at radius 2 is 1.83 bits per heavy atom. The molecule has 1 aromatic heterocycles. The molecule has 2 heterocycles. The first-order valence-corrected chi connectivity index (χ1v) is 7.86. The van der Waals surface area contributed by atoms with Crippen LogP contribution >= 0.6 is 0 Å². The molecule has 0 unspecified atom stereocenters. The molecule has 0 atom stereocenters. The maximum Gasteiger partial charge on any atom is 0.254 e. The number of ether oxygens (including phenoxy) is 2. The van der Waals surface area contributed by atoms with E-state index >= 15 is 0 Å². The lowest BCUT2D eigenvalue weighted by molar-refractivity contribution is -0.129. The molecule has 7 nitrogen and oxygen atoms in total. The maximum absolute atomic E-state index is 13.0. The number of pyridine rings is 1. The van der Waals surface area contributed by atoms with E-state index in [1.54, 1.807) is 17.0 Å². The predicted octanol–water partition coefficient (Wildman–Crippen LogP) is 1.10. The maximum atomic E-state index is 13.0. The first kappa shape index (κ1) is 16.3. The van der Waals surface area contributed by atoms with Gasteiger partial charge in [-0.1, -0.05) is 6.58 Å². The van der Waals surface area contributed by atoms with Crippen LogP contribution in [-0.4, -0.2) is 66.0 Å². The quantitative estimate of drug-likeness (QED) is 0.773. The van der Waals surface area contributed by atoms with Crippen LogP contribution in [0.3, 0.4) is 0 Å². The average Bonchev–Trinajstić information content (AvgIpc) is 3.39. The Balaban J connectivity index is 1.83. The molecule has 1 aromatic rings. The molecule has 0 radical (unpaired) electrons. The van der Waals surface area contributed by atoms with Crippen LogP contribution in [0.5, 0.6) is 11.8 Å². The molecule has 1 aliphatic heterocycles. The first-order chi connectivity index (χ1) is 11.5. The van der Waals surface area contributed by atoms with Gasteiger partial charge in [0.1, 0.15) is 0 Å². The predicted molar refractivity (Wildman–Crippen MR) is 87.1 cm³/mol. The number of nitrogens with zero attached hydrogens (tertiary/aromatic N) is 3. The lowest BCUT2D eigenvalue weighted by atomic mass is 10.1. The number of rotatable bonds is 4. The van der Waals surface area contributed by atoms with Crippen LogP contribution in [0, 0.1) is 0 Å². The fraction of sp³-hybridized carbons (Fsp3) is 0.471. The van der Waals surface area contributed by atoms with E-state index in [4.69, 9.17) is 9.47 Å². The van der Waals surface area contributed by atoms with Crippen LogP contribution in [0.4, 0.5) is 0 Å². The van der Waals surface area contributed by atoms with Crippen molar-refractivity contribution in [2.75, 3.05) is 33.9 Å². The van der Waals surface area contributed by atoms with Crippen LogP contribution in [0.2, 0.25) is 0 Å². The number of carbonyl (C=O) groups excluding carboxylic acids is 2. The number of carbonyl (C=O) groups is 2. The van der Waals surface area contributed by atoms with Gasteiger partial charge in [-0.05, 0) is 18.9 Å². The molecule has 2 aliphatic rings. The van der Waals surface area contributed by atoms with E-state index < -0.39 is 0 Å². The van der Waals surface area contributed by atoms with Crippen LogP contribution in [-0.2, 0) is 4.79 Å². The van der Waals surface area contributed by atoms with Gasteiger partial charge < -0.3 is 19.3 Å². The average molecular weight is 331 g/mol. The summed E-state index contributed by atoms with van der Waals surface area (Å²) in [5, 5.41) is 0. The van der Waals surface area contributed by atoms with Gasteiger partial charge in [0.25, 0.3) is 5.91 Å². The third kappa shape index (κ3) is 2.81. The minimum absolute atomic E-state index is 0.0828. The van der Waals surface area contributed by atoms with Crippen molar-refractivity contribution in [3.8, 4) is 11.8 Å². The lowest BCUT2D eigenvalue weighted by Crippen LogP contribution is -2.58. The zero-order chi connectivity index (χ0) is 17.3. The van der Waals surface area contributed by atoms with Crippen molar-refractivity contribution in [2.45, 2.75) is 18.4 Å². The number of hydrogen-bond acceptors (Lipinski definition) is 5. The van der Waals surface area contributed by atoms with Crippen molar-refractivity contribution in [1.82, 2.24) is 14.8 Å². The molecule has 1 saturated heterocycles. The summed E-state index contributed by atoms with van der Waals surface area (Å²) >= 11 is 0. The van der Waals surface area contributed by atoms with Gasteiger partial charge in [0.05, 0.1) is 25.3 Å². The Labute approximate surface area is 140 Å². The molecule has 128 valence electrons. The third-order valence-corrected chi connectivity index (χ3v) is 4.65. The highest BCUT2D eigenvalue weighted by atomic mass is 16.5. The first-order valence-electron chi connectivity index (χ1n) is 7.86. The van der Waals surface area contributed by atoms with E-state index in [0.29, 0.717) is 37.0 Å². The standard InChI is InChI=1S/C17H21N3O4/c1-4-15(21)19-7-8-20(17(11-19)5-6-17)16(22)12-9-13(23-2)18-14(10-12)24-3/h4,9-10H,1,5-8,11H2,2-3H3. The molecule has 1 aliphatic carbocycles. The monoisotopic (exact) mass is 331 g/mol. The molecule has 0 aromatic carbocycles. The van der Waals surface area contributed by atoms with E-state index in [0.717, 1.165) is 12.8 Å². The van der Waals surface area contributed by atoms with Gasteiger partial charge in [0, 0.05) is 31.8 Å². The van der Waals surface area contributed by atoms with Crippen molar-refractivity contribution < 1.29 is 19.1 Å². The Morgan fingerprint density at radius 1 is 1.21 bits per heavy atom. The van der Waals surface area contributed by atoms with Crippen LogP contribution in [0.25, 0.3) is 0 Å². The Hall–Kier alpha value is -2.57. The van der Waals surface area contributed by atoms with Gasteiger partial charge >= 0.3 is 0 Å². The summed E-state index contributed by atoms with van der Waals surface area (Å²) in [7, 11) is 3.00. The number of methoxy groups -OCH3 is 2. The molecule has 0 N–H and O–H groups in total. The van der Waals surface area contributed by atoms with E-state index in [-0.39, 0.29) is 17.4 Å². The summed E-state index contributed by atoms with van der Waals surface area (Å²) in [5.41, 5.74) is 0.228. The van der Waals surface area contributed by atoms with E-state index in [1.807, 2.05) is 4.90 Å². The van der Waals surface area contributed by atoms with E-state index in [2.05, 4.69) is 11.6 Å². The van der Waals surface area contributed by atoms with Crippen molar-refractivity contribution in [3.05, 3.63) is 30.4 Å². The Morgan fingerprint density at radius 3 is 2.33 bits per heavy atom. The highest BCUT2D eigenvalue weighted by molar-refractivity contribution is 5.96. The fourth-order valence-corrected chi connectivity index (χ4v) is 3.15. The van der Waals surface area contributed by atoms with Gasteiger partial charge in [0.15, 0.2) is 0 Å². The fourth-order valence-electron chi connectivity index (χ4n) is 3.15. The molecule has 0 bridgehead atoms. The summed E-state index contributed by atoms with van der Waals surface area (Å²) in [6.07, 6.45) is 3.13. The van der Waals surface area contributed by atoms with E-state index in [1.165, 1.54) is 20.3 Å². The van der Waals surface area contributed by atoms with Crippen LogP contribution in [0.15, 0.2) is 24.8 Å². The third-order valence-electron chi connectivity index (χ3n) is 4.65. The van der Waals surface area contributed by atoms with Gasteiger partial charge in [-0.3, -0.25) is 9.59 Å².